The standard InChI is InChI=1S/C24H29N3O/c1-3-21(2)26-14-16-27(17-15-26)24(28)20-25(18-22-10-6-4-7-11-22)19-23-12-8-5-9-13-23/h3-13H,1-2,14-20H2. The lowest BCUT2D eigenvalue weighted by molar-refractivity contribution is -0.134. The second-order valence-electron chi connectivity index (χ2n) is 7.18. The quantitative estimate of drug-likeness (QED) is 0.661. The molecule has 28 heavy (non-hydrogen) atoms. The zero-order valence-electron chi connectivity index (χ0n) is 16.5. The molecule has 0 saturated carbocycles. The summed E-state index contributed by atoms with van der Waals surface area (Å²) in [6.45, 7) is 12.8. The van der Waals surface area contributed by atoms with Crippen LogP contribution in [-0.2, 0) is 17.9 Å². The van der Waals surface area contributed by atoms with Gasteiger partial charge in [0, 0.05) is 45.0 Å². The van der Waals surface area contributed by atoms with Crippen molar-refractivity contribution >= 4 is 5.91 Å². The summed E-state index contributed by atoms with van der Waals surface area (Å²) in [6.07, 6.45) is 1.78. The van der Waals surface area contributed by atoms with Gasteiger partial charge in [0.2, 0.25) is 5.91 Å². The van der Waals surface area contributed by atoms with Crippen LogP contribution in [0.25, 0.3) is 0 Å². The van der Waals surface area contributed by atoms with Gasteiger partial charge in [-0.05, 0) is 17.2 Å². The third-order valence-electron chi connectivity index (χ3n) is 5.13. The van der Waals surface area contributed by atoms with E-state index >= 15 is 0 Å². The van der Waals surface area contributed by atoms with E-state index in [4.69, 9.17) is 0 Å². The first-order valence-corrected chi connectivity index (χ1v) is 9.80. The van der Waals surface area contributed by atoms with E-state index < -0.39 is 0 Å². The summed E-state index contributed by atoms with van der Waals surface area (Å²) in [7, 11) is 0. The molecule has 146 valence electrons. The van der Waals surface area contributed by atoms with Gasteiger partial charge in [0.05, 0.1) is 6.54 Å². The third kappa shape index (κ3) is 5.57. The molecule has 0 spiro atoms. The van der Waals surface area contributed by atoms with Crippen LogP contribution in [0, 0.1) is 0 Å². The highest BCUT2D eigenvalue weighted by Gasteiger charge is 2.23. The molecular formula is C24H29N3O. The summed E-state index contributed by atoms with van der Waals surface area (Å²) in [5, 5.41) is 0. The highest BCUT2D eigenvalue weighted by atomic mass is 16.2. The number of hydrogen-bond acceptors (Lipinski definition) is 3. The Balaban J connectivity index is 1.62. The Morgan fingerprint density at radius 2 is 1.32 bits per heavy atom. The van der Waals surface area contributed by atoms with Crippen molar-refractivity contribution in [1.82, 2.24) is 14.7 Å². The van der Waals surface area contributed by atoms with Gasteiger partial charge in [0.25, 0.3) is 0 Å². The predicted octanol–water partition coefficient (Wildman–Crippen LogP) is 3.53. The molecule has 0 atom stereocenters. The fourth-order valence-corrected chi connectivity index (χ4v) is 3.51. The van der Waals surface area contributed by atoms with Crippen molar-refractivity contribution < 1.29 is 4.79 Å². The number of benzene rings is 2. The van der Waals surface area contributed by atoms with Gasteiger partial charge >= 0.3 is 0 Å². The molecule has 1 fully saturated rings. The van der Waals surface area contributed by atoms with Gasteiger partial charge in [-0.2, -0.15) is 0 Å². The summed E-state index contributed by atoms with van der Waals surface area (Å²) < 4.78 is 0. The molecule has 0 aliphatic carbocycles. The molecule has 4 nitrogen and oxygen atoms in total. The Kier molecular flexibility index (Phi) is 7.04. The van der Waals surface area contributed by atoms with Crippen molar-refractivity contribution in [2.75, 3.05) is 32.7 Å². The summed E-state index contributed by atoms with van der Waals surface area (Å²) in [5.74, 6) is 0.190. The topological polar surface area (TPSA) is 26.8 Å². The van der Waals surface area contributed by atoms with E-state index in [1.807, 2.05) is 41.3 Å². The summed E-state index contributed by atoms with van der Waals surface area (Å²) >= 11 is 0. The molecule has 1 aliphatic rings. The van der Waals surface area contributed by atoms with Crippen LogP contribution in [0.3, 0.4) is 0 Å². The van der Waals surface area contributed by atoms with Gasteiger partial charge in [-0.3, -0.25) is 9.69 Å². The van der Waals surface area contributed by atoms with E-state index in [0.717, 1.165) is 45.0 Å². The minimum atomic E-state index is 0.190. The maximum absolute atomic E-state index is 13.0. The van der Waals surface area contributed by atoms with Crippen molar-refractivity contribution in [3.8, 4) is 0 Å². The van der Waals surface area contributed by atoms with Crippen LogP contribution in [0.1, 0.15) is 11.1 Å². The average molecular weight is 376 g/mol. The van der Waals surface area contributed by atoms with Crippen LogP contribution < -0.4 is 0 Å². The number of amides is 1. The largest absolute Gasteiger partial charge is 0.368 e. The molecule has 1 amide bonds. The van der Waals surface area contributed by atoms with E-state index in [1.165, 1.54) is 11.1 Å². The van der Waals surface area contributed by atoms with E-state index in [-0.39, 0.29) is 5.91 Å². The fourth-order valence-electron chi connectivity index (χ4n) is 3.51. The van der Waals surface area contributed by atoms with Crippen LogP contribution in [0.5, 0.6) is 0 Å². The van der Waals surface area contributed by atoms with Crippen LogP contribution >= 0.6 is 0 Å². The monoisotopic (exact) mass is 375 g/mol. The molecule has 0 unspecified atom stereocenters. The van der Waals surface area contributed by atoms with E-state index in [1.54, 1.807) is 6.08 Å². The fraction of sp³-hybridized carbons (Fsp3) is 0.292. The number of piperazine rings is 1. The lowest BCUT2D eigenvalue weighted by atomic mass is 10.1. The minimum Gasteiger partial charge on any atom is -0.368 e. The molecule has 1 aliphatic heterocycles. The molecule has 0 radical (unpaired) electrons. The molecule has 1 heterocycles. The maximum atomic E-state index is 13.0. The summed E-state index contributed by atoms with van der Waals surface area (Å²) in [6, 6.07) is 20.7. The number of nitrogens with zero attached hydrogens (tertiary/aromatic N) is 3. The smallest absolute Gasteiger partial charge is 0.236 e. The highest BCUT2D eigenvalue weighted by Crippen LogP contribution is 2.13. The predicted molar refractivity (Wildman–Crippen MR) is 114 cm³/mol. The van der Waals surface area contributed by atoms with Crippen molar-refractivity contribution in [1.29, 1.82) is 0 Å². The van der Waals surface area contributed by atoms with Crippen LogP contribution in [0.2, 0.25) is 0 Å². The van der Waals surface area contributed by atoms with Gasteiger partial charge in [-0.25, -0.2) is 0 Å². The zero-order chi connectivity index (χ0) is 19.8. The Labute approximate surface area is 168 Å². The van der Waals surface area contributed by atoms with Gasteiger partial charge in [0.15, 0.2) is 0 Å². The molecule has 0 N–H and O–H groups in total. The summed E-state index contributed by atoms with van der Waals surface area (Å²) in [5.41, 5.74) is 3.37. The van der Waals surface area contributed by atoms with Crippen molar-refractivity contribution in [3.63, 3.8) is 0 Å². The Bertz CT molecular complexity index is 739. The van der Waals surface area contributed by atoms with E-state index in [9.17, 15) is 4.79 Å². The number of carbonyl (C=O) groups excluding carboxylic acids is 1. The number of hydrogen-bond donors (Lipinski definition) is 0. The number of rotatable bonds is 8. The molecule has 2 aromatic carbocycles. The maximum Gasteiger partial charge on any atom is 0.236 e. The van der Waals surface area contributed by atoms with Crippen LogP contribution in [0.15, 0.2) is 85.6 Å². The van der Waals surface area contributed by atoms with Crippen molar-refractivity contribution in [2.24, 2.45) is 0 Å². The third-order valence-corrected chi connectivity index (χ3v) is 5.13. The first-order valence-electron chi connectivity index (χ1n) is 9.80. The molecule has 0 aromatic heterocycles. The first kappa shape index (κ1) is 19.9. The second-order valence-corrected chi connectivity index (χ2v) is 7.18. The Hall–Kier alpha value is -2.85. The Morgan fingerprint density at radius 1 is 0.857 bits per heavy atom. The van der Waals surface area contributed by atoms with Gasteiger partial charge in [-0.15, -0.1) is 0 Å². The SMILES string of the molecule is C=CC(=C)N1CCN(C(=O)CN(Cc2ccccc2)Cc2ccccc2)CC1. The molecular weight excluding hydrogens is 346 g/mol. The molecule has 0 bridgehead atoms. The molecule has 1 saturated heterocycles. The number of carbonyl (C=O) groups is 1. The van der Waals surface area contributed by atoms with Gasteiger partial charge in [0.1, 0.15) is 0 Å². The lowest BCUT2D eigenvalue weighted by Gasteiger charge is -2.37. The van der Waals surface area contributed by atoms with Crippen molar-refractivity contribution in [2.45, 2.75) is 13.1 Å². The Morgan fingerprint density at radius 3 is 1.79 bits per heavy atom. The van der Waals surface area contributed by atoms with Crippen LogP contribution in [-0.4, -0.2) is 53.3 Å². The van der Waals surface area contributed by atoms with Crippen molar-refractivity contribution in [3.05, 3.63) is 96.7 Å². The molecule has 4 heteroatoms. The molecule has 3 rings (SSSR count). The first-order chi connectivity index (χ1) is 13.7. The van der Waals surface area contributed by atoms with E-state index in [2.05, 4.69) is 47.2 Å². The number of allylic oxidation sites excluding steroid dienone is 1. The van der Waals surface area contributed by atoms with Crippen LogP contribution in [0.4, 0.5) is 0 Å². The second kappa shape index (κ2) is 9.90. The van der Waals surface area contributed by atoms with E-state index in [0.29, 0.717) is 6.54 Å². The minimum absolute atomic E-state index is 0.190. The van der Waals surface area contributed by atoms with Gasteiger partial charge < -0.3 is 9.80 Å². The normalized spacial score (nSPS) is 14.2. The zero-order valence-corrected chi connectivity index (χ0v) is 16.5. The molecule has 2 aromatic rings. The lowest BCUT2D eigenvalue weighted by Crippen LogP contribution is -2.50. The summed E-state index contributed by atoms with van der Waals surface area (Å²) in [4.78, 5) is 19.3. The highest BCUT2D eigenvalue weighted by molar-refractivity contribution is 5.78. The van der Waals surface area contributed by atoms with Gasteiger partial charge in [-0.1, -0.05) is 73.8 Å². The average Bonchev–Trinajstić information content (AvgIpc) is 2.74.